The van der Waals surface area contributed by atoms with Gasteiger partial charge in [0.1, 0.15) is 0 Å². The lowest BCUT2D eigenvalue weighted by atomic mass is 10.1. The van der Waals surface area contributed by atoms with Crippen LogP contribution in [0.3, 0.4) is 0 Å². The smallest absolute Gasteiger partial charge is 0.223 e. The van der Waals surface area contributed by atoms with Gasteiger partial charge in [0.25, 0.3) is 0 Å². The molecule has 0 saturated carbocycles. The maximum Gasteiger partial charge on any atom is 0.223 e. The molecule has 0 N–H and O–H groups in total. The minimum atomic E-state index is 0.194. The standard InChI is InChI=1S/C23H28N2O2S/c26-22(13-7-10-20-8-3-1-4-9-20)24-15-17-25(18-16-24)23(27)14-19-28-21-11-5-2-6-12-21/h1-6,8-9,11-12H,7,10,13-19H2. The van der Waals surface area contributed by atoms with Gasteiger partial charge in [-0.2, -0.15) is 0 Å². The van der Waals surface area contributed by atoms with Crippen molar-refractivity contribution in [3.05, 3.63) is 66.2 Å². The molecule has 5 heteroatoms. The lowest BCUT2D eigenvalue weighted by Gasteiger charge is -2.35. The molecule has 1 heterocycles. The van der Waals surface area contributed by atoms with Gasteiger partial charge in [-0.25, -0.2) is 0 Å². The van der Waals surface area contributed by atoms with Crippen LogP contribution in [0.15, 0.2) is 65.6 Å². The molecule has 0 spiro atoms. The summed E-state index contributed by atoms with van der Waals surface area (Å²) in [6.45, 7) is 2.61. The van der Waals surface area contributed by atoms with Crippen LogP contribution in [-0.2, 0) is 16.0 Å². The van der Waals surface area contributed by atoms with Gasteiger partial charge in [-0.15, -0.1) is 11.8 Å². The normalized spacial score (nSPS) is 14.1. The van der Waals surface area contributed by atoms with Crippen LogP contribution >= 0.6 is 11.8 Å². The number of aryl methyl sites for hydroxylation is 1. The first-order valence-corrected chi connectivity index (χ1v) is 11.0. The second kappa shape index (κ2) is 10.9. The Morgan fingerprint density at radius 2 is 1.29 bits per heavy atom. The zero-order valence-corrected chi connectivity index (χ0v) is 17.1. The molecule has 2 aromatic carbocycles. The predicted molar refractivity (Wildman–Crippen MR) is 114 cm³/mol. The quantitative estimate of drug-likeness (QED) is 0.636. The van der Waals surface area contributed by atoms with Crippen LogP contribution < -0.4 is 0 Å². The first-order chi connectivity index (χ1) is 13.7. The number of rotatable bonds is 8. The van der Waals surface area contributed by atoms with E-state index in [-0.39, 0.29) is 11.8 Å². The van der Waals surface area contributed by atoms with Crippen LogP contribution in [0, 0.1) is 0 Å². The van der Waals surface area contributed by atoms with Gasteiger partial charge in [0, 0.05) is 49.7 Å². The van der Waals surface area contributed by atoms with Crippen LogP contribution in [0.2, 0.25) is 0 Å². The Morgan fingerprint density at radius 3 is 1.89 bits per heavy atom. The summed E-state index contributed by atoms with van der Waals surface area (Å²) in [4.78, 5) is 29.8. The zero-order chi connectivity index (χ0) is 19.6. The number of benzene rings is 2. The monoisotopic (exact) mass is 396 g/mol. The summed E-state index contributed by atoms with van der Waals surface area (Å²) in [5.74, 6) is 1.20. The minimum Gasteiger partial charge on any atom is -0.339 e. The fraction of sp³-hybridized carbons (Fsp3) is 0.391. The van der Waals surface area contributed by atoms with Gasteiger partial charge in [0.15, 0.2) is 0 Å². The molecule has 148 valence electrons. The number of nitrogens with zero attached hydrogens (tertiary/aromatic N) is 2. The number of amides is 2. The van der Waals surface area contributed by atoms with Gasteiger partial charge in [-0.1, -0.05) is 48.5 Å². The highest BCUT2D eigenvalue weighted by Gasteiger charge is 2.23. The van der Waals surface area contributed by atoms with Gasteiger partial charge < -0.3 is 9.80 Å². The van der Waals surface area contributed by atoms with Crippen molar-refractivity contribution in [3.63, 3.8) is 0 Å². The Bertz CT molecular complexity index is 678. The third kappa shape index (κ3) is 6.41. The molecular formula is C23H28N2O2S. The molecule has 1 fully saturated rings. The fourth-order valence-corrected chi connectivity index (χ4v) is 4.24. The summed E-state index contributed by atoms with van der Waals surface area (Å²) >= 11 is 1.71. The lowest BCUT2D eigenvalue weighted by Crippen LogP contribution is -2.50. The molecule has 3 rings (SSSR count). The van der Waals surface area contributed by atoms with Crippen molar-refractivity contribution in [1.29, 1.82) is 0 Å². The second-order valence-corrected chi connectivity index (χ2v) is 8.18. The Balaban J connectivity index is 1.32. The van der Waals surface area contributed by atoms with Crippen molar-refractivity contribution in [3.8, 4) is 0 Å². The Kier molecular flexibility index (Phi) is 7.97. The number of thioether (sulfide) groups is 1. The predicted octanol–water partition coefficient (Wildman–Crippen LogP) is 3.86. The van der Waals surface area contributed by atoms with E-state index in [2.05, 4.69) is 24.3 Å². The SMILES string of the molecule is O=C(CCCc1ccccc1)N1CCN(C(=O)CCSc2ccccc2)CC1. The number of carbonyl (C=O) groups is 2. The van der Waals surface area contributed by atoms with Crippen LogP contribution in [0.1, 0.15) is 24.8 Å². The number of piperazine rings is 1. The molecule has 0 radical (unpaired) electrons. The molecule has 0 aromatic heterocycles. The van der Waals surface area contributed by atoms with Gasteiger partial charge in [-0.05, 0) is 30.5 Å². The summed E-state index contributed by atoms with van der Waals surface area (Å²) in [6.07, 6.45) is 2.93. The van der Waals surface area contributed by atoms with Gasteiger partial charge >= 0.3 is 0 Å². The summed E-state index contributed by atoms with van der Waals surface area (Å²) in [5, 5.41) is 0. The van der Waals surface area contributed by atoms with Crippen molar-refractivity contribution >= 4 is 23.6 Å². The second-order valence-electron chi connectivity index (χ2n) is 7.01. The molecule has 0 aliphatic carbocycles. The Labute approximate surface area is 171 Å². The van der Waals surface area contributed by atoms with E-state index < -0.39 is 0 Å². The number of hydrogen-bond acceptors (Lipinski definition) is 3. The van der Waals surface area contributed by atoms with E-state index in [9.17, 15) is 9.59 Å². The van der Waals surface area contributed by atoms with Crippen LogP contribution in [-0.4, -0.2) is 53.5 Å². The Hall–Kier alpha value is -2.27. The van der Waals surface area contributed by atoms with E-state index >= 15 is 0 Å². The maximum atomic E-state index is 12.4. The molecule has 2 amide bonds. The highest BCUT2D eigenvalue weighted by Crippen LogP contribution is 2.18. The first-order valence-electron chi connectivity index (χ1n) is 10.00. The van der Waals surface area contributed by atoms with Crippen LogP contribution in [0.4, 0.5) is 0 Å². The van der Waals surface area contributed by atoms with Gasteiger partial charge in [-0.3, -0.25) is 9.59 Å². The average molecular weight is 397 g/mol. The molecule has 28 heavy (non-hydrogen) atoms. The molecule has 0 bridgehead atoms. The summed E-state index contributed by atoms with van der Waals surface area (Å²) < 4.78 is 0. The highest BCUT2D eigenvalue weighted by molar-refractivity contribution is 7.99. The van der Waals surface area contributed by atoms with E-state index in [4.69, 9.17) is 0 Å². The zero-order valence-electron chi connectivity index (χ0n) is 16.3. The molecule has 0 atom stereocenters. The molecule has 4 nitrogen and oxygen atoms in total. The van der Waals surface area contributed by atoms with Crippen molar-refractivity contribution < 1.29 is 9.59 Å². The molecule has 0 unspecified atom stereocenters. The molecule has 2 aromatic rings. The first kappa shape index (κ1) is 20.5. The molecule has 1 aliphatic heterocycles. The molecule has 1 saturated heterocycles. The van der Waals surface area contributed by atoms with E-state index in [1.165, 1.54) is 10.5 Å². The van der Waals surface area contributed by atoms with Gasteiger partial charge in [0.2, 0.25) is 11.8 Å². The number of carbonyl (C=O) groups excluding carboxylic acids is 2. The third-order valence-corrected chi connectivity index (χ3v) is 6.03. The van der Waals surface area contributed by atoms with Crippen LogP contribution in [0.5, 0.6) is 0 Å². The van der Waals surface area contributed by atoms with Crippen LogP contribution in [0.25, 0.3) is 0 Å². The summed E-state index contributed by atoms with van der Waals surface area (Å²) in [7, 11) is 0. The van der Waals surface area contributed by atoms with E-state index in [1.807, 2.05) is 46.2 Å². The molecular weight excluding hydrogens is 368 g/mol. The van der Waals surface area contributed by atoms with Gasteiger partial charge in [0.05, 0.1) is 0 Å². The van der Waals surface area contributed by atoms with Crippen molar-refractivity contribution in [2.24, 2.45) is 0 Å². The summed E-state index contributed by atoms with van der Waals surface area (Å²) in [5.41, 5.74) is 1.28. The van der Waals surface area contributed by atoms with E-state index in [0.29, 0.717) is 39.0 Å². The number of hydrogen-bond donors (Lipinski definition) is 0. The van der Waals surface area contributed by atoms with Crippen molar-refractivity contribution in [2.75, 3.05) is 31.9 Å². The van der Waals surface area contributed by atoms with E-state index in [1.54, 1.807) is 11.8 Å². The third-order valence-electron chi connectivity index (χ3n) is 5.01. The topological polar surface area (TPSA) is 40.6 Å². The van der Waals surface area contributed by atoms with Crippen molar-refractivity contribution in [1.82, 2.24) is 9.80 Å². The maximum absolute atomic E-state index is 12.4. The largest absolute Gasteiger partial charge is 0.339 e. The summed E-state index contributed by atoms with van der Waals surface area (Å²) in [6, 6.07) is 20.4. The minimum absolute atomic E-state index is 0.194. The fourth-order valence-electron chi connectivity index (χ4n) is 3.38. The lowest BCUT2D eigenvalue weighted by molar-refractivity contribution is -0.139. The highest BCUT2D eigenvalue weighted by atomic mass is 32.2. The van der Waals surface area contributed by atoms with Crippen molar-refractivity contribution in [2.45, 2.75) is 30.6 Å². The Morgan fingerprint density at radius 1 is 0.750 bits per heavy atom. The molecule has 1 aliphatic rings. The van der Waals surface area contributed by atoms with E-state index in [0.717, 1.165) is 18.6 Å². The average Bonchev–Trinajstić information content (AvgIpc) is 2.75.